The zero-order chi connectivity index (χ0) is 15.2. The summed E-state index contributed by atoms with van der Waals surface area (Å²) >= 11 is 0. The predicted octanol–water partition coefficient (Wildman–Crippen LogP) is 4.10. The van der Waals surface area contributed by atoms with Gasteiger partial charge in [0, 0.05) is 17.6 Å². The lowest BCUT2D eigenvalue weighted by Gasteiger charge is -2.20. The van der Waals surface area contributed by atoms with Crippen molar-refractivity contribution in [3.05, 3.63) is 23.2 Å². The van der Waals surface area contributed by atoms with Crippen molar-refractivity contribution < 1.29 is 4.42 Å². The van der Waals surface area contributed by atoms with E-state index in [0.29, 0.717) is 0 Å². The summed E-state index contributed by atoms with van der Waals surface area (Å²) < 4.78 is 5.88. The Kier molecular flexibility index (Phi) is 6.77. The second kappa shape index (κ2) is 7.84. The molecule has 0 aliphatic carbocycles. The molecule has 0 aliphatic heterocycles. The average molecular weight is 280 g/mol. The number of nitrogens with one attached hydrogen (secondary N) is 1. The molecule has 1 rings (SSSR count). The third-order valence-electron chi connectivity index (χ3n) is 3.34. The minimum Gasteiger partial charge on any atom is -0.465 e. The summed E-state index contributed by atoms with van der Waals surface area (Å²) in [5.41, 5.74) is 1.45. The van der Waals surface area contributed by atoms with Crippen LogP contribution in [-0.4, -0.2) is 23.5 Å². The van der Waals surface area contributed by atoms with E-state index in [1.165, 1.54) is 18.4 Å². The van der Waals surface area contributed by atoms with E-state index in [2.05, 4.69) is 57.8 Å². The maximum absolute atomic E-state index is 5.88. The molecule has 0 fully saturated rings. The molecule has 0 radical (unpaired) electrons. The van der Waals surface area contributed by atoms with E-state index in [0.717, 1.165) is 37.7 Å². The predicted molar refractivity (Wildman–Crippen MR) is 85.9 cm³/mol. The van der Waals surface area contributed by atoms with Crippen molar-refractivity contribution in [3.63, 3.8) is 0 Å². The van der Waals surface area contributed by atoms with E-state index in [1.54, 1.807) is 0 Å². The monoisotopic (exact) mass is 280 g/mol. The van der Waals surface area contributed by atoms with Crippen LogP contribution in [0.25, 0.3) is 0 Å². The first-order valence-corrected chi connectivity index (χ1v) is 7.91. The van der Waals surface area contributed by atoms with Crippen LogP contribution in [0.15, 0.2) is 10.5 Å². The van der Waals surface area contributed by atoms with Gasteiger partial charge in [0.1, 0.15) is 11.5 Å². The molecule has 0 bridgehead atoms. The van der Waals surface area contributed by atoms with Crippen molar-refractivity contribution in [2.24, 2.45) is 0 Å². The van der Waals surface area contributed by atoms with Crippen LogP contribution in [0.1, 0.15) is 64.5 Å². The molecule has 0 aliphatic rings. The zero-order valence-corrected chi connectivity index (χ0v) is 14.2. The Morgan fingerprint density at radius 1 is 1.15 bits per heavy atom. The average Bonchev–Trinajstić information content (AvgIpc) is 2.68. The fourth-order valence-corrected chi connectivity index (χ4v) is 2.33. The fourth-order valence-electron chi connectivity index (χ4n) is 2.33. The Bertz CT molecular complexity index is 384. The lowest BCUT2D eigenvalue weighted by Crippen LogP contribution is -2.34. The topological polar surface area (TPSA) is 28.4 Å². The van der Waals surface area contributed by atoms with Gasteiger partial charge in [0.15, 0.2) is 0 Å². The van der Waals surface area contributed by atoms with Crippen molar-refractivity contribution in [2.75, 3.05) is 13.1 Å². The molecular weight excluding hydrogens is 248 g/mol. The quantitative estimate of drug-likeness (QED) is 0.777. The Morgan fingerprint density at radius 3 is 2.25 bits per heavy atom. The van der Waals surface area contributed by atoms with Gasteiger partial charge in [0.25, 0.3) is 0 Å². The smallest absolute Gasteiger partial charge is 0.118 e. The zero-order valence-electron chi connectivity index (χ0n) is 14.2. The van der Waals surface area contributed by atoms with Crippen LogP contribution in [-0.2, 0) is 13.1 Å². The highest BCUT2D eigenvalue weighted by Gasteiger charge is 2.14. The number of furan rings is 1. The molecule has 0 atom stereocenters. The van der Waals surface area contributed by atoms with Crippen LogP contribution >= 0.6 is 0 Å². The molecule has 1 aromatic rings. The summed E-state index contributed by atoms with van der Waals surface area (Å²) in [4.78, 5) is 2.51. The molecule has 0 saturated heterocycles. The van der Waals surface area contributed by atoms with E-state index in [1.807, 2.05) is 0 Å². The fraction of sp³-hybridized carbons (Fsp3) is 0.765. The summed E-state index contributed by atoms with van der Waals surface area (Å²) in [5.74, 6) is 2.10. The lowest BCUT2D eigenvalue weighted by atomic mass is 10.1. The van der Waals surface area contributed by atoms with Crippen molar-refractivity contribution in [1.82, 2.24) is 10.2 Å². The molecule has 0 unspecified atom stereocenters. The summed E-state index contributed by atoms with van der Waals surface area (Å²) in [5, 5.41) is 3.47. The molecule has 0 amide bonds. The van der Waals surface area contributed by atoms with Crippen molar-refractivity contribution in [3.8, 4) is 0 Å². The second-order valence-electron chi connectivity index (χ2n) is 6.67. The van der Waals surface area contributed by atoms with Gasteiger partial charge in [-0.25, -0.2) is 0 Å². The minimum absolute atomic E-state index is 0.122. The van der Waals surface area contributed by atoms with Crippen LogP contribution in [0, 0.1) is 6.92 Å². The normalized spacial score (nSPS) is 12.3. The number of aryl methyl sites for hydroxylation is 1. The molecule has 0 aromatic carbocycles. The van der Waals surface area contributed by atoms with Gasteiger partial charge in [-0.15, -0.1) is 0 Å². The number of hydrogen-bond donors (Lipinski definition) is 1. The highest BCUT2D eigenvalue weighted by molar-refractivity contribution is 5.20. The molecule has 0 spiro atoms. The SMILES string of the molecule is CCCN(CCC)Cc1cc(CNC(C)(C)C)oc1C. The first-order chi connectivity index (χ1) is 9.35. The van der Waals surface area contributed by atoms with E-state index in [-0.39, 0.29) is 5.54 Å². The van der Waals surface area contributed by atoms with E-state index < -0.39 is 0 Å². The van der Waals surface area contributed by atoms with E-state index >= 15 is 0 Å². The number of hydrogen-bond acceptors (Lipinski definition) is 3. The molecule has 116 valence electrons. The van der Waals surface area contributed by atoms with E-state index in [9.17, 15) is 0 Å². The Hall–Kier alpha value is -0.800. The first kappa shape index (κ1) is 17.3. The van der Waals surface area contributed by atoms with Crippen LogP contribution in [0.3, 0.4) is 0 Å². The summed E-state index contributed by atoms with van der Waals surface area (Å²) in [6, 6.07) is 2.21. The van der Waals surface area contributed by atoms with Gasteiger partial charge < -0.3 is 9.73 Å². The molecule has 1 N–H and O–H groups in total. The summed E-state index contributed by atoms with van der Waals surface area (Å²) in [6.45, 7) is 17.2. The molecule has 1 heterocycles. The van der Waals surface area contributed by atoms with Gasteiger partial charge in [-0.1, -0.05) is 13.8 Å². The van der Waals surface area contributed by atoms with Gasteiger partial charge in [-0.05, 0) is 59.7 Å². The van der Waals surface area contributed by atoms with Gasteiger partial charge >= 0.3 is 0 Å². The van der Waals surface area contributed by atoms with Crippen LogP contribution in [0.2, 0.25) is 0 Å². The van der Waals surface area contributed by atoms with Gasteiger partial charge in [0.05, 0.1) is 6.54 Å². The third-order valence-corrected chi connectivity index (χ3v) is 3.34. The van der Waals surface area contributed by atoms with Gasteiger partial charge in [-0.2, -0.15) is 0 Å². The molecule has 3 nitrogen and oxygen atoms in total. The Labute approximate surface area is 124 Å². The van der Waals surface area contributed by atoms with Crippen molar-refractivity contribution in [2.45, 2.75) is 73.0 Å². The van der Waals surface area contributed by atoms with Crippen LogP contribution in [0.5, 0.6) is 0 Å². The van der Waals surface area contributed by atoms with Crippen molar-refractivity contribution >= 4 is 0 Å². The highest BCUT2D eigenvalue weighted by atomic mass is 16.3. The maximum atomic E-state index is 5.88. The minimum atomic E-state index is 0.122. The molecule has 1 aromatic heterocycles. The molecule has 20 heavy (non-hydrogen) atoms. The Morgan fingerprint density at radius 2 is 1.75 bits per heavy atom. The van der Waals surface area contributed by atoms with Crippen LogP contribution < -0.4 is 5.32 Å². The lowest BCUT2D eigenvalue weighted by molar-refractivity contribution is 0.264. The number of nitrogens with zero attached hydrogens (tertiary/aromatic N) is 1. The molecular formula is C17H32N2O. The first-order valence-electron chi connectivity index (χ1n) is 7.91. The van der Waals surface area contributed by atoms with E-state index in [4.69, 9.17) is 4.42 Å². The highest BCUT2D eigenvalue weighted by Crippen LogP contribution is 2.18. The van der Waals surface area contributed by atoms with Crippen molar-refractivity contribution in [1.29, 1.82) is 0 Å². The maximum Gasteiger partial charge on any atom is 0.118 e. The Balaban J connectivity index is 2.64. The molecule has 0 saturated carbocycles. The number of rotatable bonds is 8. The summed E-state index contributed by atoms with van der Waals surface area (Å²) in [6.07, 6.45) is 2.41. The molecule has 3 heteroatoms. The largest absolute Gasteiger partial charge is 0.465 e. The standard InChI is InChI=1S/C17H32N2O/c1-7-9-19(10-8-2)13-15-11-16(20-14(15)3)12-18-17(4,5)6/h11,18H,7-10,12-13H2,1-6H3. The van der Waals surface area contributed by atoms with Crippen LogP contribution in [0.4, 0.5) is 0 Å². The van der Waals surface area contributed by atoms with Gasteiger partial charge in [0.2, 0.25) is 0 Å². The third kappa shape index (κ3) is 6.10. The second-order valence-corrected chi connectivity index (χ2v) is 6.67. The van der Waals surface area contributed by atoms with Gasteiger partial charge in [-0.3, -0.25) is 4.90 Å². The summed E-state index contributed by atoms with van der Waals surface area (Å²) in [7, 11) is 0.